The molecule has 0 aliphatic heterocycles. The van der Waals surface area contributed by atoms with E-state index in [9.17, 15) is 0 Å². The highest BCUT2D eigenvalue weighted by Crippen LogP contribution is 2.38. The Bertz CT molecular complexity index is 556. The minimum atomic E-state index is 0.0271. The van der Waals surface area contributed by atoms with E-state index in [2.05, 4.69) is 18.0 Å². The van der Waals surface area contributed by atoms with E-state index in [1.807, 2.05) is 25.1 Å². The Morgan fingerprint density at radius 1 is 1.45 bits per heavy atom. The molecule has 1 aromatic heterocycles. The summed E-state index contributed by atoms with van der Waals surface area (Å²) in [5, 5.41) is 0.743. The van der Waals surface area contributed by atoms with Gasteiger partial charge in [-0.15, -0.1) is 0 Å². The number of benzene rings is 1. The number of ether oxygens (including phenoxy) is 1. The van der Waals surface area contributed by atoms with Crippen LogP contribution < -0.4 is 10.5 Å². The molecule has 0 aliphatic carbocycles. The number of hydrogen-bond donors (Lipinski definition) is 1. The molecule has 0 fully saturated rings. The van der Waals surface area contributed by atoms with Crippen molar-refractivity contribution in [3.63, 3.8) is 0 Å². The van der Waals surface area contributed by atoms with E-state index < -0.39 is 0 Å². The quantitative estimate of drug-likeness (QED) is 0.825. The standard InChI is InChI=1S/C15H20N2O2S/c1-4-13(16)14(20-15-17-10(2)9-19-15)11-6-5-7-12(8-11)18-3/h5-9,13-14H,4,16H2,1-3H3. The van der Waals surface area contributed by atoms with Crippen LogP contribution in [0.1, 0.15) is 29.9 Å². The van der Waals surface area contributed by atoms with Gasteiger partial charge in [0.1, 0.15) is 12.0 Å². The first-order valence-electron chi connectivity index (χ1n) is 6.62. The van der Waals surface area contributed by atoms with E-state index in [1.54, 1.807) is 25.1 Å². The first-order chi connectivity index (χ1) is 9.63. The Labute approximate surface area is 123 Å². The average molecular weight is 292 g/mol. The summed E-state index contributed by atoms with van der Waals surface area (Å²) < 4.78 is 10.7. The minimum absolute atomic E-state index is 0.0271. The molecule has 2 rings (SSSR count). The molecular formula is C15H20N2O2S. The van der Waals surface area contributed by atoms with Crippen molar-refractivity contribution in [1.82, 2.24) is 4.98 Å². The lowest BCUT2D eigenvalue weighted by molar-refractivity contribution is 0.414. The monoisotopic (exact) mass is 292 g/mol. The summed E-state index contributed by atoms with van der Waals surface area (Å²) in [4.78, 5) is 4.34. The second-order valence-corrected chi connectivity index (χ2v) is 5.73. The van der Waals surface area contributed by atoms with Crippen molar-refractivity contribution in [3.05, 3.63) is 41.8 Å². The molecule has 2 unspecified atom stereocenters. The fourth-order valence-electron chi connectivity index (χ4n) is 1.93. The highest BCUT2D eigenvalue weighted by Gasteiger charge is 2.22. The van der Waals surface area contributed by atoms with Gasteiger partial charge in [0.2, 0.25) is 0 Å². The number of hydrogen-bond acceptors (Lipinski definition) is 5. The Morgan fingerprint density at radius 2 is 2.25 bits per heavy atom. The van der Waals surface area contributed by atoms with Crippen LogP contribution in [0.2, 0.25) is 0 Å². The van der Waals surface area contributed by atoms with Gasteiger partial charge in [0.05, 0.1) is 18.1 Å². The Morgan fingerprint density at radius 3 is 2.85 bits per heavy atom. The molecule has 0 amide bonds. The Hall–Kier alpha value is -1.46. The summed E-state index contributed by atoms with van der Waals surface area (Å²) in [7, 11) is 1.67. The van der Waals surface area contributed by atoms with Gasteiger partial charge in [-0.05, 0) is 31.0 Å². The summed E-state index contributed by atoms with van der Waals surface area (Å²) in [5.41, 5.74) is 8.27. The van der Waals surface area contributed by atoms with E-state index in [4.69, 9.17) is 14.9 Å². The van der Waals surface area contributed by atoms with Gasteiger partial charge in [-0.1, -0.05) is 30.8 Å². The molecule has 2 atom stereocenters. The van der Waals surface area contributed by atoms with Crippen molar-refractivity contribution in [1.29, 1.82) is 0 Å². The molecule has 0 saturated heterocycles. The van der Waals surface area contributed by atoms with Crippen LogP contribution in [0, 0.1) is 6.92 Å². The molecule has 0 spiro atoms. The molecule has 0 bridgehead atoms. The predicted octanol–water partition coefficient (Wildman–Crippen LogP) is 3.56. The third kappa shape index (κ3) is 3.55. The lowest BCUT2D eigenvalue weighted by Crippen LogP contribution is -2.25. The van der Waals surface area contributed by atoms with Crippen molar-refractivity contribution >= 4 is 11.8 Å². The largest absolute Gasteiger partial charge is 0.497 e. The maximum Gasteiger partial charge on any atom is 0.256 e. The van der Waals surface area contributed by atoms with Crippen LogP contribution in [0.4, 0.5) is 0 Å². The van der Waals surface area contributed by atoms with E-state index >= 15 is 0 Å². The van der Waals surface area contributed by atoms with Crippen molar-refractivity contribution in [3.8, 4) is 5.75 Å². The van der Waals surface area contributed by atoms with Crippen LogP contribution in [-0.2, 0) is 0 Å². The van der Waals surface area contributed by atoms with Crippen molar-refractivity contribution < 1.29 is 9.15 Å². The van der Waals surface area contributed by atoms with Crippen LogP contribution in [0.3, 0.4) is 0 Å². The molecule has 2 aromatic rings. The summed E-state index contributed by atoms with van der Waals surface area (Å²) in [6.45, 7) is 3.99. The van der Waals surface area contributed by atoms with Crippen molar-refractivity contribution in [2.24, 2.45) is 5.73 Å². The Balaban J connectivity index is 2.26. The van der Waals surface area contributed by atoms with Gasteiger partial charge in [-0.3, -0.25) is 0 Å². The number of nitrogens with two attached hydrogens (primary N) is 1. The van der Waals surface area contributed by atoms with Crippen molar-refractivity contribution in [2.75, 3.05) is 7.11 Å². The fraction of sp³-hybridized carbons (Fsp3) is 0.400. The van der Waals surface area contributed by atoms with Crippen LogP contribution in [0.25, 0.3) is 0 Å². The van der Waals surface area contributed by atoms with Crippen LogP contribution >= 0.6 is 11.8 Å². The summed E-state index contributed by atoms with van der Waals surface area (Å²) >= 11 is 1.56. The fourth-order valence-corrected chi connectivity index (χ4v) is 3.10. The molecular weight excluding hydrogens is 272 g/mol. The zero-order valence-electron chi connectivity index (χ0n) is 12.0. The second-order valence-electron chi connectivity index (χ2n) is 4.64. The molecule has 0 aliphatic rings. The second kappa shape index (κ2) is 6.81. The van der Waals surface area contributed by atoms with Gasteiger partial charge in [0.15, 0.2) is 0 Å². The minimum Gasteiger partial charge on any atom is -0.497 e. The lowest BCUT2D eigenvalue weighted by atomic mass is 10.0. The number of nitrogens with zero attached hydrogens (tertiary/aromatic N) is 1. The lowest BCUT2D eigenvalue weighted by Gasteiger charge is -2.21. The zero-order chi connectivity index (χ0) is 14.5. The normalized spacial score (nSPS) is 14.0. The maximum absolute atomic E-state index is 6.26. The van der Waals surface area contributed by atoms with E-state index in [1.165, 1.54) is 0 Å². The van der Waals surface area contributed by atoms with E-state index in [0.717, 1.165) is 23.4 Å². The number of aromatic nitrogens is 1. The molecule has 0 saturated carbocycles. The first kappa shape index (κ1) is 14.9. The van der Waals surface area contributed by atoms with E-state index in [-0.39, 0.29) is 11.3 Å². The van der Waals surface area contributed by atoms with Gasteiger partial charge in [-0.2, -0.15) is 0 Å². The smallest absolute Gasteiger partial charge is 0.256 e. The summed E-state index contributed by atoms with van der Waals surface area (Å²) in [6.07, 6.45) is 2.54. The molecule has 1 aromatic carbocycles. The third-order valence-electron chi connectivity index (χ3n) is 3.11. The highest BCUT2D eigenvalue weighted by molar-refractivity contribution is 7.99. The number of aryl methyl sites for hydroxylation is 1. The van der Waals surface area contributed by atoms with Gasteiger partial charge >= 0.3 is 0 Å². The number of rotatable bonds is 6. The van der Waals surface area contributed by atoms with Gasteiger partial charge in [0, 0.05) is 6.04 Å². The molecule has 1 heterocycles. The average Bonchev–Trinajstić information content (AvgIpc) is 2.89. The van der Waals surface area contributed by atoms with Gasteiger partial charge in [0.25, 0.3) is 5.22 Å². The van der Waals surface area contributed by atoms with Crippen LogP contribution in [-0.4, -0.2) is 18.1 Å². The van der Waals surface area contributed by atoms with Gasteiger partial charge < -0.3 is 14.9 Å². The predicted molar refractivity (Wildman–Crippen MR) is 81.1 cm³/mol. The molecule has 4 nitrogen and oxygen atoms in total. The number of methoxy groups -OCH3 is 1. The van der Waals surface area contributed by atoms with Crippen molar-refractivity contribution in [2.45, 2.75) is 36.8 Å². The van der Waals surface area contributed by atoms with Gasteiger partial charge in [-0.25, -0.2) is 4.98 Å². The van der Waals surface area contributed by atoms with E-state index in [0.29, 0.717) is 5.22 Å². The number of oxazole rings is 1. The zero-order valence-corrected chi connectivity index (χ0v) is 12.8. The molecule has 108 valence electrons. The highest BCUT2D eigenvalue weighted by atomic mass is 32.2. The first-order valence-corrected chi connectivity index (χ1v) is 7.50. The van der Waals surface area contributed by atoms with Crippen LogP contribution in [0.5, 0.6) is 5.75 Å². The molecule has 2 N–H and O–H groups in total. The molecule has 5 heteroatoms. The number of thioether (sulfide) groups is 1. The third-order valence-corrected chi connectivity index (χ3v) is 4.37. The Kier molecular flexibility index (Phi) is 5.09. The van der Waals surface area contributed by atoms with Crippen LogP contribution in [0.15, 0.2) is 40.2 Å². The molecule has 0 radical (unpaired) electrons. The SMILES string of the molecule is CCC(N)C(Sc1nc(C)co1)c1cccc(OC)c1. The summed E-state index contributed by atoms with van der Waals surface area (Å²) in [5.74, 6) is 0.833. The summed E-state index contributed by atoms with van der Waals surface area (Å²) in [6, 6.07) is 8.01. The topological polar surface area (TPSA) is 61.3 Å². The maximum atomic E-state index is 6.26. The molecule has 20 heavy (non-hydrogen) atoms.